The van der Waals surface area contributed by atoms with E-state index in [1.807, 2.05) is 42.5 Å². The van der Waals surface area contributed by atoms with E-state index < -0.39 is 6.04 Å². The second-order valence-electron chi connectivity index (χ2n) is 8.82. The third-order valence-electron chi connectivity index (χ3n) is 5.95. The summed E-state index contributed by atoms with van der Waals surface area (Å²) in [5, 5.41) is 17.5. The predicted octanol–water partition coefficient (Wildman–Crippen LogP) is 4.21. The van der Waals surface area contributed by atoms with Gasteiger partial charge in [-0.1, -0.05) is 41.9 Å². The highest BCUT2D eigenvalue weighted by Crippen LogP contribution is 2.21. The maximum Gasteiger partial charge on any atom is 0.251 e. The van der Waals surface area contributed by atoms with Gasteiger partial charge >= 0.3 is 0 Å². The number of hydrogen-bond acceptors (Lipinski definition) is 6. The fraction of sp³-hybridized carbons (Fsp3) is 0.214. The summed E-state index contributed by atoms with van der Waals surface area (Å²) in [6.07, 6.45) is 3.29. The molecule has 0 spiro atoms. The van der Waals surface area contributed by atoms with Crippen molar-refractivity contribution in [3.8, 4) is 5.69 Å². The second kappa shape index (κ2) is 12.7. The number of anilines is 1. The number of carbonyl (C=O) groups is 3. The molecule has 0 aliphatic heterocycles. The largest absolute Gasteiger partial charge is 0.342 e. The Morgan fingerprint density at radius 1 is 1.00 bits per heavy atom. The second-order valence-corrected chi connectivity index (χ2v) is 9.26. The van der Waals surface area contributed by atoms with Gasteiger partial charge in [0.1, 0.15) is 6.33 Å². The fourth-order valence-corrected chi connectivity index (χ4v) is 4.32. The summed E-state index contributed by atoms with van der Waals surface area (Å²) in [4.78, 5) is 37.6. The van der Waals surface area contributed by atoms with Crippen LogP contribution in [-0.4, -0.2) is 43.8 Å². The highest BCUT2D eigenvalue weighted by molar-refractivity contribution is 6.30. The zero-order valence-electron chi connectivity index (χ0n) is 20.8. The highest BCUT2D eigenvalue weighted by atomic mass is 35.5. The molecule has 10 heteroatoms. The zero-order chi connectivity index (χ0) is 26.9. The van der Waals surface area contributed by atoms with Crippen LogP contribution in [0.4, 0.5) is 5.69 Å². The SMILES string of the molecule is CC(=O)Nc1ccc(C(=O)N[C@@H](Cc2ccccc2)C(=O)CCCc2cc(Cl)ccc2-n2cnnn2)cc1. The van der Waals surface area contributed by atoms with Gasteiger partial charge in [0, 0.05) is 29.6 Å². The molecule has 2 N–H and O–H groups in total. The molecule has 1 heterocycles. The summed E-state index contributed by atoms with van der Waals surface area (Å²) < 4.78 is 1.56. The summed E-state index contributed by atoms with van der Waals surface area (Å²) in [6.45, 7) is 1.42. The van der Waals surface area contributed by atoms with E-state index in [9.17, 15) is 14.4 Å². The molecule has 0 saturated heterocycles. The van der Waals surface area contributed by atoms with Crippen LogP contribution in [0.15, 0.2) is 79.1 Å². The van der Waals surface area contributed by atoms with Gasteiger partial charge in [-0.05, 0) is 83.3 Å². The van der Waals surface area contributed by atoms with Gasteiger partial charge in [0.05, 0.1) is 11.7 Å². The lowest BCUT2D eigenvalue weighted by Gasteiger charge is -2.18. The third-order valence-corrected chi connectivity index (χ3v) is 6.19. The summed E-state index contributed by atoms with van der Waals surface area (Å²) in [5.74, 6) is -0.619. The summed E-state index contributed by atoms with van der Waals surface area (Å²) in [5.41, 5.74) is 3.65. The highest BCUT2D eigenvalue weighted by Gasteiger charge is 2.22. The van der Waals surface area contributed by atoms with Crippen LogP contribution in [0.25, 0.3) is 5.69 Å². The molecule has 0 saturated carbocycles. The average molecular weight is 531 g/mol. The minimum atomic E-state index is -0.696. The Balaban J connectivity index is 1.44. The molecule has 9 nitrogen and oxygen atoms in total. The molecule has 0 aliphatic rings. The van der Waals surface area contributed by atoms with Gasteiger partial charge < -0.3 is 10.6 Å². The van der Waals surface area contributed by atoms with Gasteiger partial charge in [0.2, 0.25) is 5.91 Å². The monoisotopic (exact) mass is 530 g/mol. The smallest absolute Gasteiger partial charge is 0.251 e. The van der Waals surface area contributed by atoms with E-state index in [0.717, 1.165) is 16.8 Å². The van der Waals surface area contributed by atoms with Crippen LogP contribution >= 0.6 is 11.6 Å². The van der Waals surface area contributed by atoms with Crippen molar-refractivity contribution in [2.75, 3.05) is 5.32 Å². The number of benzene rings is 3. The van der Waals surface area contributed by atoms with Crippen molar-refractivity contribution in [2.45, 2.75) is 38.6 Å². The molecule has 1 atom stereocenters. The summed E-state index contributed by atoms with van der Waals surface area (Å²) >= 11 is 6.21. The molecule has 0 aliphatic carbocycles. The number of nitrogens with zero attached hydrogens (tertiary/aromatic N) is 4. The van der Waals surface area contributed by atoms with E-state index in [1.165, 1.54) is 13.3 Å². The molecular weight excluding hydrogens is 504 g/mol. The van der Waals surface area contributed by atoms with Gasteiger partial charge in [-0.3, -0.25) is 14.4 Å². The Labute approximate surface area is 225 Å². The quantitative estimate of drug-likeness (QED) is 0.300. The Kier molecular flexibility index (Phi) is 8.94. The first-order valence-corrected chi connectivity index (χ1v) is 12.5. The van der Waals surface area contributed by atoms with Crippen molar-refractivity contribution < 1.29 is 14.4 Å². The lowest BCUT2D eigenvalue weighted by atomic mass is 9.97. The van der Waals surface area contributed by atoms with Gasteiger partial charge in [-0.15, -0.1) is 5.10 Å². The van der Waals surface area contributed by atoms with Gasteiger partial charge in [-0.25, -0.2) is 4.68 Å². The molecule has 1 aromatic heterocycles. The number of Topliss-reactive ketones (excluding diaryl/α,β-unsaturated/α-hetero) is 1. The standard InChI is InChI=1S/C28H27ClN6O3/c1-19(36)31-24-13-10-21(11-14-24)28(38)32-25(16-20-6-3-2-4-7-20)27(37)9-5-8-22-17-23(29)12-15-26(22)35-18-30-33-34-35/h2-4,6-7,10-15,17-18,25H,5,8-9,16H2,1H3,(H,31,36)(H,32,38)/t25-/m0/s1. The molecule has 194 valence electrons. The zero-order valence-corrected chi connectivity index (χ0v) is 21.6. The Hall–Kier alpha value is -4.37. The van der Waals surface area contributed by atoms with Crippen LogP contribution in [0.3, 0.4) is 0 Å². The fourth-order valence-electron chi connectivity index (χ4n) is 4.12. The third kappa shape index (κ3) is 7.33. The van der Waals surface area contributed by atoms with Crippen LogP contribution < -0.4 is 10.6 Å². The molecular formula is C28H27ClN6O3. The maximum atomic E-state index is 13.3. The van der Waals surface area contributed by atoms with Crippen molar-refractivity contribution in [3.63, 3.8) is 0 Å². The molecule has 0 radical (unpaired) electrons. The number of carbonyl (C=O) groups excluding carboxylic acids is 3. The van der Waals surface area contributed by atoms with Crippen molar-refractivity contribution in [1.82, 2.24) is 25.5 Å². The van der Waals surface area contributed by atoms with E-state index in [0.29, 0.717) is 35.5 Å². The number of rotatable bonds is 11. The molecule has 3 aromatic carbocycles. The summed E-state index contributed by atoms with van der Waals surface area (Å²) in [7, 11) is 0. The molecule has 0 bridgehead atoms. The predicted molar refractivity (Wildman–Crippen MR) is 144 cm³/mol. The number of amides is 2. The molecule has 0 unspecified atom stereocenters. The van der Waals surface area contributed by atoms with Crippen LogP contribution in [0.1, 0.15) is 41.3 Å². The molecule has 4 rings (SSSR count). The number of aromatic nitrogens is 4. The first-order valence-electron chi connectivity index (χ1n) is 12.2. The number of nitrogens with one attached hydrogen (secondary N) is 2. The normalized spacial score (nSPS) is 11.5. The van der Waals surface area contributed by atoms with E-state index in [1.54, 1.807) is 35.0 Å². The Morgan fingerprint density at radius 3 is 2.45 bits per heavy atom. The molecule has 0 fully saturated rings. The molecule has 38 heavy (non-hydrogen) atoms. The minimum absolute atomic E-state index is 0.0666. The van der Waals surface area contributed by atoms with Gasteiger partial charge in [0.25, 0.3) is 5.91 Å². The van der Waals surface area contributed by atoms with E-state index in [2.05, 4.69) is 26.2 Å². The van der Waals surface area contributed by atoms with Crippen LogP contribution in [-0.2, 0) is 22.4 Å². The lowest BCUT2D eigenvalue weighted by molar-refractivity contribution is -0.121. The Bertz CT molecular complexity index is 1390. The topological polar surface area (TPSA) is 119 Å². The first kappa shape index (κ1) is 26.7. The molecule has 2 amide bonds. The number of aryl methyl sites for hydroxylation is 1. The van der Waals surface area contributed by atoms with Gasteiger partial charge in [-0.2, -0.15) is 0 Å². The van der Waals surface area contributed by atoms with Crippen molar-refractivity contribution in [3.05, 3.63) is 101 Å². The van der Waals surface area contributed by atoms with Crippen LogP contribution in [0.2, 0.25) is 5.02 Å². The minimum Gasteiger partial charge on any atom is -0.342 e. The van der Waals surface area contributed by atoms with Crippen LogP contribution in [0, 0.1) is 0 Å². The number of halogens is 1. The van der Waals surface area contributed by atoms with E-state index >= 15 is 0 Å². The number of ketones is 1. The van der Waals surface area contributed by atoms with Crippen LogP contribution in [0.5, 0.6) is 0 Å². The number of hydrogen-bond donors (Lipinski definition) is 2. The van der Waals surface area contributed by atoms with Crippen molar-refractivity contribution >= 4 is 34.9 Å². The average Bonchev–Trinajstić information content (AvgIpc) is 3.44. The van der Waals surface area contributed by atoms with Crippen molar-refractivity contribution in [1.29, 1.82) is 0 Å². The number of tetrazole rings is 1. The lowest BCUT2D eigenvalue weighted by Crippen LogP contribution is -2.42. The maximum absolute atomic E-state index is 13.3. The van der Waals surface area contributed by atoms with Gasteiger partial charge in [0.15, 0.2) is 5.78 Å². The van der Waals surface area contributed by atoms with E-state index in [-0.39, 0.29) is 24.0 Å². The Morgan fingerprint density at radius 2 is 1.76 bits per heavy atom. The van der Waals surface area contributed by atoms with Crippen molar-refractivity contribution in [2.24, 2.45) is 0 Å². The van der Waals surface area contributed by atoms with E-state index in [4.69, 9.17) is 11.6 Å². The first-order chi connectivity index (χ1) is 18.4. The summed E-state index contributed by atoms with van der Waals surface area (Å²) in [6, 6.07) is 20.9. The molecule has 4 aromatic rings.